The van der Waals surface area contributed by atoms with Gasteiger partial charge in [0, 0.05) is 18.7 Å². The molecule has 2 rings (SSSR count). The lowest BCUT2D eigenvalue weighted by molar-refractivity contribution is -0.0586. The van der Waals surface area contributed by atoms with Crippen molar-refractivity contribution < 1.29 is 55.9 Å². The average Bonchev–Trinajstić information content (AvgIpc) is 2.93. The van der Waals surface area contributed by atoms with Gasteiger partial charge in [-0.3, -0.25) is 18.9 Å². The van der Waals surface area contributed by atoms with Gasteiger partial charge in [-0.2, -0.15) is 8.62 Å². The van der Waals surface area contributed by atoms with E-state index in [9.17, 15) is 33.1 Å². The van der Waals surface area contributed by atoms with Crippen molar-refractivity contribution in [2.45, 2.75) is 24.9 Å². The Kier molecular flexibility index (Phi) is 8.50. The summed E-state index contributed by atoms with van der Waals surface area (Å²) in [7, 11) is -16.7. The molecule has 1 saturated heterocycles. The molecule has 0 spiro atoms. The number of aromatic amines is 1. The molecular formula is C12H19N2O14P3. The Morgan fingerprint density at radius 3 is 2.45 bits per heavy atom. The second kappa shape index (κ2) is 10.1. The summed E-state index contributed by atoms with van der Waals surface area (Å²) < 4.78 is 58.2. The van der Waals surface area contributed by atoms with Crippen LogP contribution in [0.15, 0.2) is 34.5 Å². The van der Waals surface area contributed by atoms with Crippen molar-refractivity contribution in [3.63, 3.8) is 0 Å². The highest BCUT2D eigenvalue weighted by molar-refractivity contribution is 7.66. The summed E-state index contributed by atoms with van der Waals surface area (Å²) in [6, 6.07) is 1.03. The molecule has 1 aromatic heterocycles. The molecule has 1 aromatic rings. The summed E-state index contributed by atoms with van der Waals surface area (Å²) in [5.41, 5.74) is -1.52. The molecule has 19 heteroatoms. The first kappa shape index (κ1) is 26.0. The highest BCUT2D eigenvalue weighted by atomic mass is 31.3. The molecule has 0 bridgehead atoms. The fourth-order valence-electron chi connectivity index (χ4n) is 2.52. The van der Waals surface area contributed by atoms with Crippen LogP contribution in [0.2, 0.25) is 0 Å². The molecule has 2 unspecified atom stereocenters. The lowest BCUT2D eigenvalue weighted by atomic mass is 10.2. The highest BCUT2D eigenvalue weighted by Gasteiger charge is 2.46. The van der Waals surface area contributed by atoms with Crippen LogP contribution in [0.25, 0.3) is 0 Å². The maximum absolute atomic E-state index is 12.1. The molecule has 0 saturated carbocycles. The highest BCUT2D eigenvalue weighted by Crippen LogP contribution is 2.67. The number of phosphoric acid groups is 3. The number of hydrogen-bond acceptors (Lipinski definition) is 10. The second-order valence-electron chi connectivity index (χ2n) is 5.94. The molecule has 16 nitrogen and oxygen atoms in total. The number of ether oxygens (including phenoxy) is 2. The van der Waals surface area contributed by atoms with Gasteiger partial charge >= 0.3 is 29.2 Å². The molecule has 0 aliphatic carbocycles. The molecule has 1 aliphatic heterocycles. The zero-order valence-electron chi connectivity index (χ0n) is 15.5. The first-order valence-electron chi connectivity index (χ1n) is 8.19. The summed E-state index contributed by atoms with van der Waals surface area (Å²) in [4.78, 5) is 61.3. The van der Waals surface area contributed by atoms with Crippen molar-refractivity contribution in [2.24, 2.45) is 0 Å². The molecule has 2 heterocycles. The predicted molar refractivity (Wildman–Crippen MR) is 99.6 cm³/mol. The van der Waals surface area contributed by atoms with Crippen LogP contribution in [0.4, 0.5) is 0 Å². The van der Waals surface area contributed by atoms with E-state index < -0.39 is 53.2 Å². The number of hydrogen-bond donors (Lipinski definition) is 5. The first-order chi connectivity index (χ1) is 14.2. The van der Waals surface area contributed by atoms with Crippen LogP contribution >= 0.6 is 23.5 Å². The van der Waals surface area contributed by atoms with Gasteiger partial charge in [0.15, 0.2) is 0 Å². The molecule has 5 atom stereocenters. The molecule has 31 heavy (non-hydrogen) atoms. The minimum absolute atomic E-state index is 0.0606. The first-order valence-corrected chi connectivity index (χ1v) is 12.7. The van der Waals surface area contributed by atoms with Gasteiger partial charge < -0.3 is 29.0 Å². The topological polar surface area (TPSA) is 233 Å². The fourth-order valence-corrected chi connectivity index (χ4v) is 5.75. The fraction of sp³-hybridized carbons (Fsp3) is 0.500. The van der Waals surface area contributed by atoms with Crippen molar-refractivity contribution >= 4 is 23.5 Å². The third-order valence-electron chi connectivity index (χ3n) is 3.54. The van der Waals surface area contributed by atoms with Crippen LogP contribution < -0.4 is 11.2 Å². The summed E-state index contributed by atoms with van der Waals surface area (Å²) in [5, 5.41) is 0. The van der Waals surface area contributed by atoms with Crippen molar-refractivity contribution in [3.05, 3.63) is 45.8 Å². The quantitative estimate of drug-likeness (QED) is 0.147. The van der Waals surface area contributed by atoms with E-state index in [1.165, 1.54) is 6.08 Å². The van der Waals surface area contributed by atoms with E-state index in [4.69, 9.17) is 23.8 Å². The summed E-state index contributed by atoms with van der Waals surface area (Å²) in [6.07, 6.45) is -1.33. The number of H-pyrrole nitrogens is 1. The van der Waals surface area contributed by atoms with Crippen LogP contribution in [0.5, 0.6) is 0 Å². The van der Waals surface area contributed by atoms with Crippen LogP contribution in [0, 0.1) is 0 Å². The number of nitrogens with zero attached hydrogens (tertiary/aromatic N) is 1. The zero-order valence-corrected chi connectivity index (χ0v) is 18.1. The van der Waals surface area contributed by atoms with E-state index in [0.717, 1.165) is 16.8 Å². The van der Waals surface area contributed by atoms with E-state index >= 15 is 0 Å². The molecule has 0 aromatic carbocycles. The largest absolute Gasteiger partial charge is 0.490 e. The van der Waals surface area contributed by atoms with Gasteiger partial charge in [0.1, 0.15) is 18.4 Å². The molecular weight excluding hydrogens is 489 g/mol. The SMILES string of the molecule is C=CCOC[C@H]1O[C@@H](n2ccc(=O)[nH]c2=O)C[C@@H]1OP(=O)(O)OP(=O)(O)OP(=O)(O)O. The standard InChI is InChI=1S/C12H19N2O14P3/c1-2-5-24-7-9-8(6-11(25-9)14-4-3-10(15)13-12(14)16)26-30(20,21)28-31(22,23)27-29(17,18)19/h2-4,8-9,11H,1,5-7H2,(H,20,21)(H,22,23)(H,13,15,16)(H2,17,18,19)/t8-,9+,11+/m0/s1. The molecule has 1 fully saturated rings. The molecule has 0 radical (unpaired) electrons. The smallest absolute Gasteiger partial charge is 0.375 e. The van der Waals surface area contributed by atoms with Gasteiger partial charge in [-0.25, -0.2) is 18.5 Å². The van der Waals surface area contributed by atoms with Crippen LogP contribution in [0.3, 0.4) is 0 Å². The van der Waals surface area contributed by atoms with Crippen molar-refractivity contribution in [1.82, 2.24) is 9.55 Å². The minimum Gasteiger partial charge on any atom is -0.375 e. The Balaban J connectivity index is 2.19. The Hall–Kier alpha value is -1.25. The normalized spacial score (nSPS) is 25.6. The van der Waals surface area contributed by atoms with Crippen LogP contribution in [-0.2, 0) is 36.3 Å². The molecule has 176 valence electrons. The third kappa shape index (κ3) is 8.31. The van der Waals surface area contributed by atoms with E-state index in [-0.39, 0.29) is 19.6 Å². The average molecular weight is 508 g/mol. The van der Waals surface area contributed by atoms with E-state index in [0.29, 0.717) is 0 Å². The van der Waals surface area contributed by atoms with Gasteiger partial charge in [0.25, 0.3) is 5.56 Å². The van der Waals surface area contributed by atoms with Crippen molar-refractivity contribution in [3.8, 4) is 0 Å². The third-order valence-corrected chi connectivity index (χ3v) is 7.41. The van der Waals surface area contributed by atoms with Gasteiger partial charge in [-0.05, 0) is 0 Å². The van der Waals surface area contributed by atoms with Gasteiger partial charge in [-0.1, -0.05) is 6.08 Å². The second-order valence-corrected chi connectivity index (χ2v) is 10.3. The van der Waals surface area contributed by atoms with E-state index in [1.54, 1.807) is 0 Å². The summed E-state index contributed by atoms with van der Waals surface area (Å²) in [5.74, 6) is 0. The maximum Gasteiger partial charge on any atom is 0.490 e. The summed E-state index contributed by atoms with van der Waals surface area (Å²) in [6.45, 7) is 3.26. The van der Waals surface area contributed by atoms with Gasteiger partial charge in [0.05, 0.1) is 13.2 Å². The zero-order chi connectivity index (χ0) is 23.4. The van der Waals surface area contributed by atoms with E-state index in [1.807, 2.05) is 4.98 Å². The lowest BCUT2D eigenvalue weighted by Crippen LogP contribution is -2.31. The molecule has 5 N–H and O–H groups in total. The van der Waals surface area contributed by atoms with Crippen LogP contribution in [-0.4, -0.2) is 54.5 Å². The van der Waals surface area contributed by atoms with Crippen molar-refractivity contribution in [2.75, 3.05) is 13.2 Å². The lowest BCUT2D eigenvalue weighted by Gasteiger charge is -2.22. The Morgan fingerprint density at radius 1 is 1.19 bits per heavy atom. The van der Waals surface area contributed by atoms with Crippen LogP contribution in [0.1, 0.15) is 12.6 Å². The molecule has 1 aliphatic rings. The Morgan fingerprint density at radius 2 is 1.87 bits per heavy atom. The van der Waals surface area contributed by atoms with Gasteiger partial charge in [-0.15, -0.1) is 6.58 Å². The van der Waals surface area contributed by atoms with Gasteiger partial charge in [0.2, 0.25) is 0 Å². The van der Waals surface area contributed by atoms with Crippen molar-refractivity contribution in [1.29, 1.82) is 0 Å². The number of phosphoric ester groups is 1. The Bertz CT molecular complexity index is 1050. The number of aromatic nitrogens is 2. The number of nitrogens with one attached hydrogen (secondary N) is 1. The van der Waals surface area contributed by atoms with E-state index in [2.05, 4.69) is 15.2 Å². The summed E-state index contributed by atoms with van der Waals surface area (Å²) >= 11 is 0. The monoisotopic (exact) mass is 508 g/mol. The molecule has 0 amide bonds. The predicted octanol–water partition coefficient (Wildman–Crippen LogP) is -0.261. The maximum atomic E-state index is 12.1. The Labute approximate surface area is 173 Å². The number of rotatable bonds is 11. The minimum atomic E-state index is -5.71.